The molecule has 0 amide bonds. The number of benzene rings is 1. The summed E-state index contributed by atoms with van der Waals surface area (Å²) >= 11 is 0. The number of alkyl halides is 1. The summed E-state index contributed by atoms with van der Waals surface area (Å²) in [6.45, 7) is 6.04. The molecule has 0 heterocycles. The Kier molecular flexibility index (Phi) is 3.32. The zero-order chi connectivity index (χ0) is 12.4. The van der Waals surface area contributed by atoms with Crippen LogP contribution in [0, 0.1) is 19.8 Å². The van der Waals surface area contributed by atoms with Crippen LogP contribution in [0.2, 0.25) is 0 Å². The average molecular weight is 231 g/mol. The van der Waals surface area contributed by atoms with Crippen LogP contribution in [0.25, 0.3) is 0 Å². The molecule has 1 aliphatic carbocycles. The zero-order valence-electron chi connectivity index (χ0n) is 10.5. The van der Waals surface area contributed by atoms with Crippen molar-refractivity contribution in [1.82, 2.24) is 0 Å². The number of hydrogen-bond donors (Lipinski definition) is 1. The molecule has 2 rings (SSSR count). The normalized spacial score (nSPS) is 23.4. The van der Waals surface area contributed by atoms with Gasteiger partial charge in [-0.2, -0.15) is 0 Å². The molecule has 0 saturated heterocycles. The Morgan fingerprint density at radius 2 is 1.94 bits per heavy atom. The maximum atomic E-state index is 13.5. The number of halogens is 1. The van der Waals surface area contributed by atoms with Crippen molar-refractivity contribution in [3.63, 3.8) is 0 Å². The van der Waals surface area contributed by atoms with E-state index in [0.717, 1.165) is 11.4 Å². The lowest BCUT2D eigenvalue weighted by atomic mass is 9.99. The summed E-state index contributed by atoms with van der Waals surface area (Å²) < 4.78 is 13.5. The summed E-state index contributed by atoms with van der Waals surface area (Å²) in [5.41, 5.74) is 4.34. The molecule has 17 heavy (non-hydrogen) atoms. The Balaban J connectivity index is 2.14. The summed E-state index contributed by atoms with van der Waals surface area (Å²) in [6.07, 6.45) is 4.58. The molecule has 90 valence electrons. The van der Waals surface area contributed by atoms with E-state index in [1.165, 1.54) is 11.1 Å². The Labute approximate surface area is 102 Å². The first-order valence-corrected chi connectivity index (χ1v) is 5.94. The van der Waals surface area contributed by atoms with Gasteiger partial charge in [0.15, 0.2) is 0 Å². The maximum Gasteiger partial charge on any atom is 0.126 e. The van der Waals surface area contributed by atoms with E-state index >= 15 is 0 Å². The molecule has 0 spiro atoms. The lowest BCUT2D eigenvalue weighted by Gasteiger charge is -2.17. The summed E-state index contributed by atoms with van der Waals surface area (Å²) in [7, 11) is 0. The fraction of sp³-hybridized carbons (Fsp3) is 0.333. The molecule has 0 radical (unpaired) electrons. The lowest BCUT2D eigenvalue weighted by Crippen LogP contribution is -2.14. The third-order valence-electron chi connectivity index (χ3n) is 3.22. The highest BCUT2D eigenvalue weighted by Gasteiger charge is 2.15. The summed E-state index contributed by atoms with van der Waals surface area (Å²) in [5.74, 6) is -0.0275. The lowest BCUT2D eigenvalue weighted by molar-refractivity contribution is 0.332. The largest absolute Gasteiger partial charge is 0.356 e. The molecule has 1 aromatic rings. The minimum Gasteiger partial charge on any atom is -0.356 e. The highest BCUT2D eigenvalue weighted by molar-refractivity contribution is 5.54. The summed E-state index contributed by atoms with van der Waals surface area (Å²) in [5, 5.41) is 3.23. The summed E-state index contributed by atoms with van der Waals surface area (Å²) in [6, 6.07) is 6.16. The van der Waals surface area contributed by atoms with Crippen LogP contribution in [0.15, 0.2) is 42.1 Å². The monoisotopic (exact) mass is 231 g/mol. The van der Waals surface area contributed by atoms with Crippen molar-refractivity contribution < 1.29 is 4.39 Å². The van der Waals surface area contributed by atoms with Gasteiger partial charge in [0.1, 0.15) is 6.17 Å². The van der Waals surface area contributed by atoms with Crippen LogP contribution in [0.4, 0.5) is 10.1 Å². The van der Waals surface area contributed by atoms with Crippen LogP contribution < -0.4 is 5.32 Å². The van der Waals surface area contributed by atoms with Crippen molar-refractivity contribution >= 4 is 5.69 Å². The van der Waals surface area contributed by atoms with Gasteiger partial charge < -0.3 is 5.32 Å². The second-order valence-electron chi connectivity index (χ2n) is 4.71. The SMILES string of the molecule is Cc1ccc(NC2=CC(F)[C@@H](C)C=C2)cc1C. The van der Waals surface area contributed by atoms with E-state index in [0.29, 0.717) is 0 Å². The molecule has 1 aromatic carbocycles. The van der Waals surface area contributed by atoms with Crippen LogP contribution in [0.3, 0.4) is 0 Å². The standard InChI is InChI=1S/C15H18FN/c1-10-4-6-13(8-12(10)3)17-14-7-5-11(2)15(16)9-14/h4-9,11,15,17H,1-3H3/t11-,15?/m0/s1. The topological polar surface area (TPSA) is 12.0 Å². The second-order valence-corrected chi connectivity index (χ2v) is 4.71. The van der Waals surface area contributed by atoms with Gasteiger partial charge in [-0.15, -0.1) is 0 Å². The molecular formula is C15H18FN. The molecular weight excluding hydrogens is 213 g/mol. The first-order valence-electron chi connectivity index (χ1n) is 5.94. The quantitative estimate of drug-likeness (QED) is 0.806. The van der Waals surface area contributed by atoms with Crippen LogP contribution in [0.1, 0.15) is 18.1 Å². The van der Waals surface area contributed by atoms with Gasteiger partial charge in [-0.1, -0.05) is 19.1 Å². The van der Waals surface area contributed by atoms with E-state index in [2.05, 4.69) is 31.3 Å². The molecule has 1 nitrogen and oxygen atoms in total. The zero-order valence-corrected chi connectivity index (χ0v) is 10.5. The molecule has 1 unspecified atom stereocenters. The number of nitrogens with one attached hydrogen (secondary N) is 1. The Morgan fingerprint density at radius 1 is 1.18 bits per heavy atom. The minimum absolute atomic E-state index is 0.0275. The maximum absolute atomic E-state index is 13.5. The third kappa shape index (κ3) is 2.76. The van der Waals surface area contributed by atoms with E-state index in [9.17, 15) is 4.39 Å². The highest BCUT2D eigenvalue weighted by Crippen LogP contribution is 2.22. The van der Waals surface area contributed by atoms with Gasteiger partial charge in [0.2, 0.25) is 0 Å². The number of aryl methyl sites for hydroxylation is 2. The minimum atomic E-state index is -0.894. The second kappa shape index (κ2) is 4.74. The first kappa shape index (κ1) is 11.9. The highest BCUT2D eigenvalue weighted by atomic mass is 19.1. The van der Waals surface area contributed by atoms with Crippen LogP contribution in [-0.2, 0) is 0 Å². The van der Waals surface area contributed by atoms with E-state index in [1.54, 1.807) is 6.08 Å². The van der Waals surface area contributed by atoms with E-state index in [4.69, 9.17) is 0 Å². The fourth-order valence-electron chi connectivity index (χ4n) is 1.81. The van der Waals surface area contributed by atoms with Crippen molar-refractivity contribution in [3.05, 3.63) is 53.3 Å². The van der Waals surface area contributed by atoms with E-state index in [-0.39, 0.29) is 5.92 Å². The van der Waals surface area contributed by atoms with Crippen molar-refractivity contribution in [1.29, 1.82) is 0 Å². The Bertz CT molecular complexity index is 474. The van der Waals surface area contributed by atoms with Crippen molar-refractivity contribution in [2.24, 2.45) is 5.92 Å². The van der Waals surface area contributed by atoms with Gasteiger partial charge in [0.25, 0.3) is 0 Å². The van der Waals surface area contributed by atoms with Gasteiger partial charge >= 0.3 is 0 Å². The Hall–Kier alpha value is -1.57. The van der Waals surface area contributed by atoms with Gasteiger partial charge in [-0.25, -0.2) is 4.39 Å². The van der Waals surface area contributed by atoms with Crippen molar-refractivity contribution in [2.75, 3.05) is 5.32 Å². The predicted molar refractivity (Wildman–Crippen MR) is 70.8 cm³/mol. The Morgan fingerprint density at radius 3 is 2.59 bits per heavy atom. The molecule has 0 aromatic heterocycles. The molecule has 0 fully saturated rings. The van der Waals surface area contributed by atoms with Gasteiger partial charge in [0.05, 0.1) is 0 Å². The molecule has 0 aliphatic heterocycles. The van der Waals surface area contributed by atoms with Gasteiger partial charge in [-0.3, -0.25) is 0 Å². The van der Waals surface area contributed by atoms with Crippen LogP contribution in [0.5, 0.6) is 0 Å². The number of rotatable bonds is 2. The average Bonchev–Trinajstić information content (AvgIpc) is 2.29. The third-order valence-corrected chi connectivity index (χ3v) is 3.22. The molecule has 0 saturated carbocycles. The van der Waals surface area contributed by atoms with Crippen molar-refractivity contribution in [3.8, 4) is 0 Å². The predicted octanol–water partition coefficient (Wildman–Crippen LogP) is 4.14. The summed E-state index contributed by atoms with van der Waals surface area (Å²) in [4.78, 5) is 0. The number of hydrogen-bond acceptors (Lipinski definition) is 1. The van der Waals surface area contributed by atoms with Crippen molar-refractivity contribution in [2.45, 2.75) is 26.9 Å². The smallest absolute Gasteiger partial charge is 0.126 e. The van der Waals surface area contributed by atoms with E-state index < -0.39 is 6.17 Å². The fourth-order valence-corrected chi connectivity index (χ4v) is 1.81. The molecule has 1 aliphatic rings. The molecule has 0 bridgehead atoms. The molecule has 2 heteroatoms. The number of allylic oxidation sites excluding steroid dienone is 3. The van der Waals surface area contributed by atoms with Crippen LogP contribution >= 0.6 is 0 Å². The number of anilines is 1. The van der Waals surface area contributed by atoms with Gasteiger partial charge in [-0.05, 0) is 49.3 Å². The molecule has 2 atom stereocenters. The van der Waals surface area contributed by atoms with Gasteiger partial charge in [0, 0.05) is 17.3 Å². The first-order chi connectivity index (χ1) is 8.06. The molecule has 1 N–H and O–H groups in total. The van der Waals surface area contributed by atoms with E-state index in [1.807, 2.05) is 25.1 Å². The van der Waals surface area contributed by atoms with Crippen LogP contribution in [-0.4, -0.2) is 6.17 Å².